The van der Waals surface area contributed by atoms with E-state index in [0.717, 1.165) is 12.3 Å². The van der Waals surface area contributed by atoms with Crippen molar-refractivity contribution in [2.45, 2.75) is 32.4 Å². The molecule has 0 spiro atoms. The number of carbonyl (C=O) groups excluding carboxylic acids is 1. The lowest BCUT2D eigenvalue weighted by atomic mass is 10.2. The van der Waals surface area contributed by atoms with E-state index in [2.05, 4.69) is 26.1 Å². The van der Waals surface area contributed by atoms with Crippen molar-refractivity contribution < 1.29 is 4.79 Å². The van der Waals surface area contributed by atoms with Crippen molar-refractivity contribution in [2.24, 2.45) is 0 Å². The summed E-state index contributed by atoms with van der Waals surface area (Å²) in [7, 11) is 3.65. The SMILES string of the molecule is CCSSC(C)(C)CNC(C)=O. The first kappa shape index (κ1) is 12.2. The van der Waals surface area contributed by atoms with Crippen LogP contribution in [0.5, 0.6) is 0 Å². The van der Waals surface area contributed by atoms with E-state index in [1.54, 1.807) is 6.92 Å². The van der Waals surface area contributed by atoms with Crippen LogP contribution < -0.4 is 5.32 Å². The number of nitrogens with one attached hydrogen (secondary N) is 1. The third-order valence-corrected chi connectivity index (χ3v) is 4.53. The maximum absolute atomic E-state index is 10.6. The van der Waals surface area contributed by atoms with Crippen molar-refractivity contribution in [3.63, 3.8) is 0 Å². The Morgan fingerprint density at radius 2 is 2.08 bits per heavy atom. The van der Waals surface area contributed by atoms with E-state index in [0.29, 0.717) is 0 Å². The Hall–Kier alpha value is 0.170. The first-order valence-electron chi connectivity index (χ1n) is 4.03. The zero-order valence-corrected chi connectivity index (χ0v) is 9.77. The van der Waals surface area contributed by atoms with Gasteiger partial charge in [0.15, 0.2) is 0 Å². The topological polar surface area (TPSA) is 29.1 Å². The van der Waals surface area contributed by atoms with Crippen molar-refractivity contribution in [3.05, 3.63) is 0 Å². The highest BCUT2D eigenvalue weighted by molar-refractivity contribution is 8.77. The fourth-order valence-corrected chi connectivity index (χ4v) is 2.64. The lowest BCUT2D eigenvalue weighted by molar-refractivity contribution is -0.119. The van der Waals surface area contributed by atoms with Crippen molar-refractivity contribution in [2.75, 3.05) is 12.3 Å². The van der Waals surface area contributed by atoms with Crippen molar-refractivity contribution in [3.8, 4) is 0 Å². The molecular weight excluding hydrogens is 190 g/mol. The van der Waals surface area contributed by atoms with Gasteiger partial charge in [0.25, 0.3) is 0 Å². The Bertz CT molecular complexity index is 148. The minimum atomic E-state index is 0.0465. The maximum Gasteiger partial charge on any atom is 0.216 e. The second kappa shape index (κ2) is 5.75. The number of hydrogen-bond donors (Lipinski definition) is 1. The summed E-state index contributed by atoms with van der Waals surface area (Å²) in [6.45, 7) is 8.69. The largest absolute Gasteiger partial charge is 0.355 e. The molecule has 0 unspecified atom stereocenters. The van der Waals surface area contributed by atoms with Gasteiger partial charge in [-0.05, 0) is 13.8 Å². The van der Waals surface area contributed by atoms with Crippen LogP contribution in [0.25, 0.3) is 0 Å². The van der Waals surface area contributed by atoms with Crippen LogP contribution in [0.15, 0.2) is 0 Å². The first-order valence-corrected chi connectivity index (χ1v) is 6.35. The Morgan fingerprint density at radius 3 is 2.50 bits per heavy atom. The van der Waals surface area contributed by atoms with Gasteiger partial charge < -0.3 is 5.32 Å². The van der Waals surface area contributed by atoms with E-state index in [1.165, 1.54) is 0 Å². The minimum Gasteiger partial charge on any atom is -0.355 e. The van der Waals surface area contributed by atoms with Crippen LogP contribution in [0, 0.1) is 0 Å². The predicted molar refractivity (Wildman–Crippen MR) is 58.5 cm³/mol. The van der Waals surface area contributed by atoms with Crippen molar-refractivity contribution in [1.29, 1.82) is 0 Å². The maximum atomic E-state index is 10.6. The molecule has 0 saturated carbocycles. The number of amides is 1. The monoisotopic (exact) mass is 207 g/mol. The molecule has 12 heavy (non-hydrogen) atoms. The van der Waals surface area contributed by atoms with Gasteiger partial charge in [0.1, 0.15) is 0 Å². The fraction of sp³-hybridized carbons (Fsp3) is 0.875. The van der Waals surface area contributed by atoms with E-state index in [1.807, 2.05) is 21.6 Å². The molecule has 0 saturated heterocycles. The second-order valence-corrected chi connectivity index (χ2v) is 6.45. The molecular formula is C8H17NOS2. The van der Waals surface area contributed by atoms with Crippen LogP contribution in [0.1, 0.15) is 27.7 Å². The van der Waals surface area contributed by atoms with Crippen molar-refractivity contribution in [1.82, 2.24) is 5.32 Å². The number of hydrogen-bond acceptors (Lipinski definition) is 3. The Labute approximate surface area is 82.7 Å². The molecule has 0 rings (SSSR count). The summed E-state index contributed by atoms with van der Waals surface area (Å²) in [6.07, 6.45) is 0. The zero-order valence-electron chi connectivity index (χ0n) is 8.14. The molecule has 1 amide bonds. The number of rotatable bonds is 5. The Balaban J connectivity index is 3.63. The van der Waals surface area contributed by atoms with Gasteiger partial charge in [-0.25, -0.2) is 0 Å². The molecule has 0 aromatic heterocycles. The molecule has 0 heterocycles. The third-order valence-electron chi connectivity index (χ3n) is 1.17. The van der Waals surface area contributed by atoms with Gasteiger partial charge in [-0.1, -0.05) is 28.5 Å². The molecule has 0 fully saturated rings. The predicted octanol–water partition coefficient (Wildman–Crippen LogP) is 2.30. The summed E-state index contributed by atoms with van der Waals surface area (Å²) in [6, 6.07) is 0. The average molecular weight is 207 g/mol. The van der Waals surface area contributed by atoms with Gasteiger partial charge in [0, 0.05) is 24.0 Å². The van der Waals surface area contributed by atoms with E-state index < -0.39 is 0 Å². The van der Waals surface area contributed by atoms with Gasteiger partial charge in [0.05, 0.1) is 0 Å². The van der Waals surface area contributed by atoms with Crippen LogP contribution in [0.4, 0.5) is 0 Å². The Morgan fingerprint density at radius 1 is 1.50 bits per heavy atom. The van der Waals surface area contributed by atoms with E-state index in [9.17, 15) is 4.79 Å². The standard InChI is InChI=1S/C8H17NOS2/c1-5-11-12-8(3,4)6-9-7(2)10/h5-6H2,1-4H3,(H,9,10). The molecule has 1 N–H and O–H groups in total. The number of carbonyl (C=O) groups is 1. The summed E-state index contributed by atoms with van der Waals surface area (Å²) < 4.78 is 0.131. The molecule has 0 bridgehead atoms. The highest BCUT2D eigenvalue weighted by Crippen LogP contribution is 2.34. The van der Waals surface area contributed by atoms with Gasteiger partial charge >= 0.3 is 0 Å². The van der Waals surface area contributed by atoms with Gasteiger partial charge in [-0.2, -0.15) is 0 Å². The van der Waals surface area contributed by atoms with Crippen LogP contribution in [-0.4, -0.2) is 23.0 Å². The quantitative estimate of drug-likeness (QED) is 0.701. The molecule has 0 aliphatic carbocycles. The van der Waals surface area contributed by atoms with Crippen molar-refractivity contribution >= 4 is 27.5 Å². The van der Waals surface area contributed by atoms with Gasteiger partial charge in [-0.15, -0.1) is 0 Å². The van der Waals surface area contributed by atoms with E-state index in [-0.39, 0.29) is 10.7 Å². The summed E-state index contributed by atoms with van der Waals surface area (Å²) in [5.41, 5.74) is 0. The van der Waals surface area contributed by atoms with Crippen LogP contribution in [0.3, 0.4) is 0 Å². The van der Waals surface area contributed by atoms with E-state index >= 15 is 0 Å². The van der Waals surface area contributed by atoms with Gasteiger partial charge in [-0.3, -0.25) is 4.79 Å². The highest BCUT2D eigenvalue weighted by Gasteiger charge is 2.18. The third kappa shape index (κ3) is 6.85. The molecule has 72 valence electrons. The Kier molecular flexibility index (Phi) is 5.84. The summed E-state index contributed by atoms with van der Waals surface area (Å²) >= 11 is 0. The summed E-state index contributed by atoms with van der Waals surface area (Å²) in [5.74, 6) is 1.15. The smallest absolute Gasteiger partial charge is 0.216 e. The summed E-state index contributed by atoms with van der Waals surface area (Å²) in [5, 5.41) is 2.82. The second-order valence-electron chi connectivity index (χ2n) is 3.16. The molecule has 0 aromatic rings. The average Bonchev–Trinajstić information content (AvgIpc) is 1.98. The molecule has 0 radical (unpaired) electrons. The fourth-order valence-electron chi connectivity index (χ4n) is 0.585. The molecule has 4 heteroatoms. The zero-order chi connectivity index (χ0) is 9.61. The molecule has 0 aromatic carbocycles. The first-order chi connectivity index (χ1) is 5.48. The highest BCUT2D eigenvalue weighted by atomic mass is 33.1. The molecule has 2 nitrogen and oxygen atoms in total. The minimum absolute atomic E-state index is 0.0465. The molecule has 0 atom stereocenters. The van der Waals surface area contributed by atoms with Gasteiger partial charge in [0.2, 0.25) is 5.91 Å². The van der Waals surface area contributed by atoms with Crippen LogP contribution >= 0.6 is 21.6 Å². The normalized spacial score (nSPS) is 11.3. The molecule has 0 aliphatic rings. The van der Waals surface area contributed by atoms with E-state index in [4.69, 9.17) is 0 Å². The van der Waals surface area contributed by atoms with Crippen LogP contribution in [-0.2, 0) is 4.79 Å². The lowest BCUT2D eigenvalue weighted by Crippen LogP contribution is -2.34. The summed E-state index contributed by atoms with van der Waals surface area (Å²) in [4.78, 5) is 10.6. The molecule has 0 aliphatic heterocycles. The lowest BCUT2D eigenvalue weighted by Gasteiger charge is -2.22. The van der Waals surface area contributed by atoms with Crippen LogP contribution in [0.2, 0.25) is 0 Å².